The van der Waals surface area contributed by atoms with Crippen LogP contribution in [0.1, 0.15) is 55.3 Å². The number of rotatable bonds is 3. The highest BCUT2D eigenvalue weighted by Crippen LogP contribution is 2.42. The van der Waals surface area contributed by atoms with E-state index in [9.17, 15) is 14.0 Å². The van der Waals surface area contributed by atoms with Crippen molar-refractivity contribution in [1.29, 1.82) is 0 Å². The molecule has 1 aromatic rings. The second kappa shape index (κ2) is 7.01. The van der Waals surface area contributed by atoms with Gasteiger partial charge in [-0.3, -0.25) is 9.59 Å². The van der Waals surface area contributed by atoms with E-state index in [-0.39, 0.29) is 17.1 Å². The van der Waals surface area contributed by atoms with Crippen molar-refractivity contribution in [3.05, 3.63) is 35.6 Å². The number of hydrogen-bond acceptors (Lipinski definition) is 2. The highest BCUT2D eigenvalue weighted by atomic mass is 19.1. The molecule has 5 heteroatoms. The minimum atomic E-state index is -0.381. The van der Waals surface area contributed by atoms with E-state index in [0.29, 0.717) is 31.0 Å². The third-order valence-electron chi connectivity index (χ3n) is 6.68. The Labute approximate surface area is 154 Å². The van der Waals surface area contributed by atoms with Gasteiger partial charge < -0.3 is 9.80 Å². The molecule has 3 aliphatic rings. The van der Waals surface area contributed by atoms with Gasteiger partial charge in [0.25, 0.3) is 5.91 Å². The maximum absolute atomic E-state index is 13.4. The SMILES string of the molecule is O=C1CC2(CCN1CC1CCC1)CCN(C(=O)c1cccc(F)c1)CC2. The summed E-state index contributed by atoms with van der Waals surface area (Å²) in [5, 5.41) is 0. The first-order valence-electron chi connectivity index (χ1n) is 9.87. The Balaban J connectivity index is 1.33. The Kier molecular flexibility index (Phi) is 4.72. The molecule has 4 rings (SSSR count). The van der Waals surface area contributed by atoms with Crippen molar-refractivity contribution < 1.29 is 14.0 Å². The molecule has 2 amide bonds. The fourth-order valence-corrected chi connectivity index (χ4v) is 4.61. The molecular weight excluding hydrogens is 331 g/mol. The summed E-state index contributed by atoms with van der Waals surface area (Å²) < 4.78 is 13.4. The van der Waals surface area contributed by atoms with E-state index < -0.39 is 0 Å². The van der Waals surface area contributed by atoms with Crippen LogP contribution in [0, 0.1) is 17.2 Å². The molecule has 2 heterocycles. The molecule has 3 fully saturated rings. The normalized spacial score (nSPS) is 23.2. The molecule has 0 bridgehead atoms. The first-order chi connectivity index (χ1) is 12.5. The van der Waals surface area contributed by atoms with Gasteiger partial charge in [-0.2, -0.15) is 0 Å². The largest absolute Gasteiger partial charge is 0.342 e. The Morgan fingerprint density at radius 3 is 2.50 bits per heavy atom. The number of likely N-dealkylation sites (tertiary alicyclic amines) is 2. The molecule has 26 heavy (non-hydrogen) atoms. The standard InChI is InChI=1S/C21H27FN2O2/c22-18-6-2-5-17(13-18)20(26)23-10-7-21(8-11-23)9-12-24(19(25)14-21)15-16-3-1-4-16/h2,5-6,13,16H,1,3-4,7-12,14-15H2. The summed E-state index contributed by atoms with van der Waals surface area (Å²) in [6, 6.07) is 5.89. The predicted molar refractivity (Wildman–Crippen MR) is 97.1 cm³/mol. The molecule has 0 atom stereocenters. The highest BCUT2D eigenvalue weighted by Gasteiger charge is 2.42. The van der Waals surface area contributed by atoms with E-state index in [1.165, 1.54) is 31.4 Å². The van der Waals surface area contributed by atoms with Crippen LogP contribution in [-0.2, 0) is 4.79 Å². The lowest BCUT2D eigenvalue weighted by Gasteiger charge is -2.47. The summed E-state index contributed by atoms with van der Waals surface area (Å²) in [6.45, 7) is 3.13. The molecule has 4 nitrogen and oxygen atoms in total. The fraction of sp³-hybridized carbons (Fsp3) is 0.619. The quantitative estimate of drug-likeness (QED) is 0.830. The number of benzene rings is 1. The monoisotopic (exact) mass is 358 g/mol. The van der Waals surface area contributed by atoms with E-state index >= 15 is 0 Å². The van der Waals surface area contributed by atoms with Gasteiger partial charge in [0.1, 0.15) is 5.82 Å². The number of hydrogen-bond donors (Lipinski definition) is 0. The number of halogens is 1. The van der Waals surface area contributed by atoms with Crippen LogP contribution in [0.25, 0.3) is 0 Å². The zero-order valence-corrected chi connectivity index (χ0v) is 15.3. The van der Waals surface area contributed by atoms with Crippen molar-refractivity contribution in [1.82, 2.24) is 9.80 Å². The summed E-state index contributed by atoms with van der Waals surface area (Å²) in [5.41, 5.74) is 0.471. The number of amides is 2. The van der Waals surface area contributed by atoms with Gasteiger partial charge in [-0.1, -0.05) is 12.5 Å². The van der Waals surface area contributed by atoms with Gasteiger partial charge in [0.2, 0.25) is 5.91 Å². The summed E-state index contributed by atoms with van der Waals surface area (Å²) >= 11 is 0. The zero-order valence-electron chi connectivity index (χ0n) is 15.3. The van der Waals surface area contributed by atoms with Gasteiger partial charge in [-0.05, 0) is 61.6 Å². The van der Waals surface area contributed by atoms with Gasteiger partial charge in [0, 0.05) is 38.2 Å². The summed E-state index contributed by atoms with van der Waals surface area (Å²) in [4.78, 5) is 29.1. The Hall–Kier alpha value is -1.91. The van der Waals surface area contributed by atoms with E-state index in [1.54, 1.807) is 12.1 Å². The molecule has 0 radical (unpaired) electrons. The maximum atomic E-state index is 13.4. The fourth-order valence-electron chi connectivity index (χ4n) is 4.61. The van der Waals surface area contributed by atoms with E-state index in [2.05, 4.69) is 4.90 Å². The van der Waals surface area contributed by atoms with Crippen LogP contribution in [0.15, 0.2) is 24.3 Å². The maximum Gasteiger partial charge on any atom is 0.253 e. The Morgan fingerprint density at radius 2 is 1.88 bits per heavy atom. The van der Waals surface area contributed by atoms with E-state index in [0.717, 1.165) is 38.3 Å². The molecule has 2 saturated heterocycles. The van der Waals surface area contributed by atoms with Gasteiger partial charge in [-0.15, -0.1) is 0 Å². The average Bonchev–Trinajstić information content (AvgIpc) is 2.60. The Morgan fingerprint density at radius 1 is 1.15 bits per heavy atom. The molecule has 0 unspecified atom stereocenters. The first kappa shape index (κ1) is 17.5. The van der Waals surface area contributed by atoms with Crippen LogP contribution < -0.4 is 0 Å². The van der Waals surface area contributed by atoms with Crippen molar-refractivity contribution in [2.45, 2.75) is 44.9 Å². The lowest BCUT2D eigenvalue weighted by molar-refractivity contribution is -0.140. The first-order valence-corrected chi connectivity index (χ1v) is 9.87. The highest BCUT2D eigenvalue weighted by molar-refractivity contribution is 5.94. The molecule has 1 spiro atoms. The van der Waals surface area contributed by atoms with Crippen LogP contribution in [0.5, 0.6) is 0 Å². The summed E-state index contributed by atoms with van der Waals surface area (Å²) in [7, 11) is 0. The lowest BCUT2D eigenvalue weighted by atomic mass is 9.70. The number of nitrogens with zero attached hydrogens (tertiary/aromatic N) is 2. The molecule has 0 N–H and O–H groups in total. The second-order valence-corrected chi connectivity index (χ2v) is 8.37. The topological polar surface area (TPSA) is 40.6 Å². The third kappa shape index (κ3) is 3.49. The van der Waals surface area contributed by atoms with Crippen molar-refractivity contribution >= 4 is 11.8 Å². The van der Waals surface area contributed by atoms with Crippen molar-refractivity contribution in [3.8, 4) is 0 Å². The van der Waals surface area contributed by atoms with Crippen molar-refractivity contribution in [2.75, 3.05) is 26.2 Å². The molecule has 1 aromatic carbocycles. The number of piperidine rings is 2. The Bertz CT molecular complexity index is 693. The van der Waals surface area contributed by atoms with Crippen molar-refractivity contribution in [2.24, 2.45) is 11.3 Å². The molecule has 0 aromatic heterocycles. The van der Waals surface area contributed by atoms with Gasteiger partial charge >= 0.3 is 0 Å². The van der Waals surface area contributed by atoms with Gasteiger partial charge in [0.05, 0.1) is 0 Å². The number of carbonyl (C=O) groups excluding carboxylic acids is 2. The minimum Gasteiger partial charge on any atom is -0.342 e. The number of carbonyl (C=O) groups is 2. The van der Waals surface area contributed by atoms with Crippen LogP contribution >= 0.6 is 0 Å². The minimum absolute atomic E-state index is 0.0614. The van der Waals surface area contributed by atoms with Crippen LogP contribution in [0.3, 0.4) is 0 Å². The summed E-state index contributed by atoms with van der Waals surface area (Å²) in [6.07, 6.45) is 7.27. The summed E-state index contributed by atoms with van der Waals surface area (Å²) in [5.74, 6) is 0.536. The zero-order chi connectivity index (χ0) is 18.1. The van der Waals surface area contributed by atoms with Gasteiger partial charge in [-0.25, -0.2) is 4.39 Å². The molecular formula is C21H27FN2O2. The van der Waals surface area contributed by atoms with Crippen LogP contribution in [0.4, 0.5) is 4.39 Å². The molecule has 1 saturated carbocycles. The molecule has 1 aliphatic carbocycles. The second-order valence-electron chi connectivity index (χ2n) is 8.37. The molecule has 2 aliphatic heterocycles. The predicted octanol–water partition coefficient (Wildman–Crippen LogP) is 3.47. The van der Waals surface area contributed by atoms with Crippen molar-refractivity contribution in [3.63, 3.8) is 0 Å². The lowest BCUT2D eigenvalue weighted by Crippen LogP contribution is -2.51. The van der Waals surface area contributed by atoms with Crippen LogP contribution in [-0.4, -0.2) is 47.8 Å². The van der Waals surface area contributed by atoms with E-state index in [4.69, 9.17) is 0 Å². The smallest absolute Gasteiger partial charge is 0.253 e. The third-order valence-corrected chi connectivity index (χ3v) is 6.68. The van der Waals surface area contributed by atoms with Crippen LogP contribution in [0.2, 0.25) is 0 Å². The van der Waals surface area contributed by atoms with E-state index in [1.807, 2.05) is 4.90 Å². The molecule has 140 valence electrons. The average molecular weight is 358 g/mol. The van der Waals surface area contributed by atoms with Gasteiger partial charge in [0.15, 0.2) is 0 Å².